The Kier molecular flexibility index (Phi) is 4.52. The molecule has 0 heterocycles. The predicted molar refractivity (Wildman–Crippen MR) is 58.0 cm³/mol. The van der Waals surface area contributed by atoms with Crippen LogP contribution in [0, 0.1) is 0 Å². The van der Waals surface area contributed by atoms with Crippen LogP contribution in [0.4, 0.5) is 13.2 Å². The van der Waals surface area contributed by atoms with E-state index < -0.39 is 29.8 Å². The molecule has 1 unspecified atom stereocenters. The lowest BCUT2D eigenvalue weighted by molar-refractivity contribution is -0.165. The van der Waals surface area contributed by atoms with Crippen molar-refractivity contribution in [2.24, 2.45) is 0 Å². The number of carbonyl (C=O) groups excluding carboxylic acids is 2. The number of ether oxygens (including phenoxy) is 2. The number of hydrogen-bond acceptors (Lipinski definition) is 4. The molecule has 0 radical (unpaired) electrons. The van der Waals surface area contributed by atoms with E-state index >= 15 is 0 Å². The normalized spacial score (nSPS) is 12.7. The molecule has 0 fully saturated rings. The lowest BCUT2D eigenvalue weighted by atomic mass is 10.1. The Balaban J connectivity index is 3.04. The largest absolute Gasteiger partial charge is 0.466 e. The second kappa shape index (κ2) is 5.73. The second-order valence-corrected chi connectivity index (χ2v) is 3.63. The zero-order valence-corrected chi connectivity index (χ0v) is 10.2. The topological polar surface area (TPSA) is 52.6 Å². The van der Waals surface area contributed by atoms with E-state index in [2.05, 4.69) is 4.74 Å². The van der Waals surface area contributed by atoms with Crippen molar-refractivity contribution in [3.63, 3.8) is 0 Å². The van der Waals surface area contributed by atoms with E-state index in [0.29, 0.717) is 0 Å². The maximum atomic E-state index is 12.4. The Bertz CT molecular complexity index is 465. The van der Waals surface area contributed by atoms with E-state index in [1.165, 1.54) is 0 Å². The smallest absolute Gasteiger partial charge is 0.416 e. The van der Waals surface area contributed by atoms with Crippen molar-refractivity contribution < 1.29 is 32.2 Å². The van der Waals surface area contributed by atoms with Crippen molar-refractivity contribution in [1.29, 1.82) is 0 Å². The molecule has 1 rings (SSSR count). The Morgan fingerprint density at radius 3 is 2.05 bits per heavy atom. The molecule has 1 aromatic rings. The molecule has 1 aromatic carbocycles. The maximum absolute atomic E-state index is 12.4. The predicted octanol–water partition coefficient (Wildman–Crippen LogP) is 2.48. The molecule has 0 aliphatic heterocycles. The summed E-state index contributed by atoms with van der Waals surface area (Å²) in [6.07, 6.45) is -5.84. The molecular weight excluding hydrogens is 265 g/mol. The second-order valence-electron chi connectivity index (χ2n) is 3.63. The summed E-state index contributed by atoms with van der Waals surface area (Å²) in [6.45, 7) is 1.08. The fraction of sp³-hybridized carbons (Fsp3) is 0.333. The summed E-state index contributed by atoms with van der Waals surface area (Å²) in [7, 11) is 1.09. The highest BCUT2D eigenvalue weighted by Gasteiger charge is 2.31. The molecule has 0 bridgehead atoms. The molecule has 0 amide bonds. The summed E-state index contributed by atoms with van der Waals surface area (Å²) in [5, 5.41) is 0. The van der Waals surface area contributed by atoms with Crippen molar-refractivity contribution in [2.75, 3.05) is 7.11 Å². The molecule has 0 N–H and O–H groups in total. The van der Waals surface area contributed by atoms with Crippen molar-refractivity contribution in [3.05, 3.63) is 35.4 Å². The van der Waals surface area contributed by atoms with Crippen LogP contribution >= 0.6 is 0 Å². The van der Waals surface area contributed by atoms with Gasteiger partial charge >= 0.3 is 18.1 Å². The van der Waals surface area contributed by atoms with Gasteiger partial charge in [0.15, 0.2) is 0 Å². The number of hydrogen-bond donors (Lipinski definition) is 0. The highest BCUT2D eigenvalue weighted by molar-refractivity contribution is 5.80. The number of rotatable bonds is 3. The first-order chi connectivity index (χ1) is 8.75. The van der Waals surface area contributed by atoms with Gasteiger partial charge in [-0.1, -0.05) is 12.1 Å². The van der Waals surface area contributed by atoms with E-state index in [9.17, 15) is 22.8 Å². The number of benzene rings is 1. The van der Waals surface area contributed by atoms with Crippen LogP contribution in [0.2, 0.25) is 0 Å². The van der Waals surface area contributed by atoms with Gasteiger partial charge in [-0.2, -0.15) is 13.2 Å². The lowest BCUT2D eigenvalue weighted by Gasteiger charge is -2.15. The summed E-state index contributed by atoms with van der Waals surface area (Å²) in [5.74, 6) is -1.61. The van der Waals surface area contributed by atoms with Crippen molar-refractivity contribution >= 4 is 11.9 Å². The first-order valence-corrected chi connectivity index (χ1v) is 5.18. The first kappa shape index (κ1) is 15.0. The van der Waals surface area contributed by atoms with Gasteiger partial charge in [0.2, 0.25) is 6.10 Å². The molecule has 0 saturated heterocycles. The van der Waals surface area contributed by atoms with Gasteiger partial charge in [-0.05, 0) is 12.1 Å². The van der Waals surface area contributed by atoms with Gasteiger partial charge in [-0.3, -0.25) is 4.79 Å². The third kappa shape index (κ3) is 3.97. The van der Waals surface area contributed by atoms with Crippen LogP contribution in [0.25, 0.3) is 0 Å². The van der Waals surface area contributed by atoms with Crippen molar-refractivity contribution in [1.82, 2.24) is 0 Å². The molecule has 104 valence electrons. The number of methoxy groups -OCH3 is 1. The first-order valence-electron chi connectivity index (χ1n) is 5.18. The van der Waals surface area contributed by atoms with E-state index in [1.807, 2.05) is 0 Å². The SMILES string of the molecule is COC(=O)C(OC(C)=O)c1ccc(C(F)(F)F)cc1. The fourth-order valence-electron chi connectivity index (χ4n) is 1.37. The van der Waals surface area contributed by atoms with Crippen LogP contribution in [-0.4, -0.2) is 19.0 Å². The number of esters is 2. The zero-order valence-electron chi connectivity index (χ0n) is 10.2. The van der Waals surface area contributed by atoms with Crippen molar-refractivity contribution in [3.8, 4) is 0 Å². The lowest BCUT2D eigenvalue weighted by Crippen LogP contribution is -2.20. The molecule has 0 aromatic heterocycles. The molecule has 7 heteroatoms. The summed E-state index contributed by atoms with van der Waals surface area (Å²) in [6, 6.07) is 3.73. The number of halogens is 3. The molecule has 0 aliphatic rings. The van der Waals surface area contributed by atoms with Gasteiger partial charge in [-0.25, -0.2) is 4.79 Å². The van der Waals surface area contributed by atoms with Gasteiger partial charge in [0, 0.05) is 12.5 Å². The molecule has 1 atom stereocenters. The zero-order chi connectivity index (χ0) is 14.6. The van der Waals surface area contributed by atoms with Gasteiger partial charge in [-0.15, -0.1) is 0 Å². The van der Waals surface area contributed by atoms with E-state index in [4.69, 9.17) is 4.74 Å². The Labute approximate surface area is 107 Å². The monoisotopic (exact) mass is 276 g/mol. The molecule has 0 saturated carbocycles. The average Bonchev–Trinajstić information content (AvgIpc) is 2.34. The van der Waals surface area contributed by atoms with E-state index in [0.717, 1.165) is 38.3 Å². The third-order valence-corrected chi connectivity index (χ3v) is 2.24. The Hall–Kier alpha value is -2.05. The highest BCUT2D eigenvalue weighted by atomic mass is 19.4. The van der Waals surface area contributed by atoms with Gasteiger partial charge in [0.25, 0.3) is 0 Å². The third-order valence-electron chi connectivity index (χ3n) is 2.24. The van der Waals surface area contributed by atoms with Crippen LogP contribution in [-0.2, 0) is 25.2 Å². The van der Waals surface area contributed by atoms with Crippen LogP contribution < -0.4 is 0 Å². The average molecular weight is 276 g/mol. The van der Waals surface area contributed by atoms with Crippen LogP contribution in [0.3, 0.4) is 0 Å². The minimum absolute atomic E-state index is 0.107. The molecule has 0 spiro atoms. The summed E-state index contributed by atoms with van der Waals surface area (Å²) in [4.78, 5) is 22.3. The van der Waals surface area contributed by atoms with E-state index in [-0.39, 0.29) is 5.56 Å². The number of alkyl halides is 3. The fourth-order valence-corrected chi connectivity index (χ4v) is 1.37. The maximum Gasteiger partial charge on any atom is 0.416 e. The van der Waals surface area contributed by atoms with Gasteiger partial charge in [0.05, 0.1) is 12.7 Å². The summed E-state index contributed by atoms with van der Waals surface area (Å²) >= 11 is 0. The molecule has 0 aliphatic carbocycles. The van der Waals surface area contributed by atoms with Gasteiger partial charge < -0.3 is 9.47 Å². The highest BCUT2D eigenvalue weighted by Crippen LogP contribution is 2.30. The molecule has 4 nitrogen and oxygen atoms in total. The Morgan fingerprint density at radius 2 is 1.68 bits per heavy atom. The Morgan fingerprint density at radius 1 is 1.16 bits per heavy atom. The van der Waals surface area contributed by atoms with Crippen molar-refractivity contribution in [2.45, 2.75) is 19.2 Å². The quantitative estimate of drug-likeness (QED) is 0.796. The van der Waals surface area contributed by atoms with E-state index in [1.54, 1.807) is 0 Å². The summed E-state index contributed by atoms with van der Waals surface area (Å²) < 4.78 is 46.3. The van der Waals surface area contributed by atoms with Crippen LogP contribution in [0.15, 0.2) is 24.3 Å². The molecular formula is C12H11F3O4. The van der Waals surface area contributed by atoms with Crippen LogP contribution in [0.1, 0.15) is 24.2 Å². The standard InChI is InChI=1S/C12H11F3O4/c1-7(16)19-10(11(17)18-2)8-3-5-9(6-4-8)12(13,14)15/h3-6,10H,1-2H3. The van der Waals surface area contributed by atoms with Crippen LogP contribution in [0.5, 0.6) is 0 Å². The minimum atomic E-state index is -4.47. The minimum Gasteiger partial charge on any atom is -0.466 e. The summed E-state index contributed by atoms with van der Waals surface area (Å²) in [5.41, 5.74) is -0.752. The van der Waals surface area contributed by atoms with Gasteiger partial charge in [0.1, 0.15) is 0 Å². The molecule has 19 heavy (non-hydrogen) atoms. The number of carbonyl (C=O) groups is 2.